The molecule has 0 bridgehead atoms. The number of alkyl halides is 3. The van der Waals surface area contributed by atoms with E-state index in [-0.39, 0.29) is 9.20 Å². The zero-order valence-electron chi connectivity index (χ0n) is 11.4. The third-order valence-electron chi connectivity index (χ3n) is 3.47. The lowest BCUT2D eigenvalue weighted by Gasteiger charge is -2.19. The van der Waals surface area contributed by atoms with Gasteiger partial charge in [-0.1, -0.05) is 17.7 Å². The van der Waals surface area contributed by atoms with Crippen LogP contribution in [0.2, 0.25) is 0 Å². The Balaban J connectivity index is 2.44. The van der Waals surface area contributed by atoms with Crippen LogP contribution in [0.3, 0.4) is 0 Å². The van der Waals surface area contributed by atoms with Crippen LogP contribution in [0.5, 0.6) is 0 Å². The van der Waals surface area contributed by atoms with Gasteiger partial charge in [-0.2, -0.15) is 22.7 Å². The normalized spacial score (nSPS) is 24.6. The first-order valence-corrected chi connectivity index (χ1v) is 7.58. The predicted molar refractivity (Wildman–Crippen MR) is 69.1 cm³/mol. The Morgan fingerprint density at radius 2 is 1.91 bits per heavy atom. The van der Waals surface area contributed by atoms with Crippen LogP contribution in [0.15, 0.2) is 29.2 Å². The summed E-state index contributed by atoms with van der Waals surface area (Å²) in [6.07, 6.45) is -6.07. The van der Waals surface area contributed by atoms with Gasteiger partial charge < -0.3 is 0 Å². The summed E-state index contributed by atoms with van der Waals surface area (Å²) in [7, 11) is -4.45. The number of carbonyl (C=O) groups is 1. The smallest absolute Gasteiger partial charge is 0.296 e. The first-order chi connectivity index (χ1) is 10.1. The van der Waals surface area contributed by atoms with Crippen LogP contribution in [-0.2, 0) is 14.8 Å². The molecule has 22 heavy (non-hydrogen) atoms. The minimum atomic E-state index is -5.07. The molecule has 1 fully saturated rings. The molecule has 1 unspecified atom stereocenters. The fraction of sp³-hybridized carbons (Fsp3) is 0.385. The van der Waals surface area contributed by atoms with Crippen LogP contribution in [0, 0.1) is 18.3 Å². The molecule has 1 aromatic rings. The molecule has 0 spiro atoms. The van der Waals surface area contributed by atoms with Crippen LogP contribution in [0.4, 0.5) is 13.2 Å². The maximum atomic E-state index is 13.2. The average molecular weight is 332 g/mol. The van der Waals surface area contributed by atoms with E-state index in [2.05, 4.69) is 0 Å². The molecule has 1 heterocycles. The van der Waals surface area contributed by atoms with Gasteiger partial charge in [0, 0.05) is 0 Å². The summed E-state index contributed by atoms with van der Waals surface area (Å²) in [5, 5.41) is 8.42. The second-order valence-electron chi connectivity index (χ2n) is 4.94. The first-order valence-electron chi connectivity index (χ1n) is 6.14. The van der Waals surface area contributed by atoms with Crippen LogP contribution in [-0.4, -0.2) is 36.8 Å². The summed E-state index contributed by atoms with van der Waals surface area (Å²) >= 11 is 0. The molecule has 0 N–H and O–H groups in total. The van der Waals surface area contributed by atoms with Gasteiger partial charge in [-0.15, -0.1) is 0 Å². The highest BCUT2D eigenvalue weighted by molar-refractivity contribution is 7.89. The highest BCUT2D eigenvalue weighted by atomic mass is 32.2. The molecule has 0 amide bonds. The SMILES string of the molecule is Cc1ccc(S(=O)(=O)N2C[C@]2(C(=O)CC#N)C(F)(F)F)cc1. The second kappa shape index (κ2) is 5.07. The number of Topliss-reactive ketones (excluding diaryl/α,β-unsaturated/α-hetero) is 1. The number of ketones is 1. The van der Waals surface area contributed by atoms with Gasteiger partial charge in [0.25, 0.3) is 0 Å². The highest BCUT2D eigenvalue weighted by Gasteiger charge is 2.77. The Bertz CT molecular complexity index is 750. The van der Waals surface area contributed by atoms with Crippen LogP contribution < -0.4 is 0 Å². The van der Waals surface area contributed by atoms with Gasteiger partial charge in [0.15, 0.2) is 5.78 Å². The Morgan fingerprint density at radius 1 is 1.36 bits per heavy atom. The number of aryl methyl sites for hydroxylation is 1. The van der Waals surface area contributed by atoms with Crippen molar-refractivity contribution in [2.75, 3.05) is 6.54 Å². The lowest BCUT2D eigenvalue weighted by molar-refractivity contribution is -0.174. The van der Waals surface area contributed by atoms with Crippen molar-refractivity contribution in [1.29, 1.82) is 5.26 Å². The molecule has 1 aliphatic heterocycles. The van der Waals surface area contributed by atoms with Crippen LogP contribution in [0.25, 0.3) is 0 Å². The standard InChI is InChI=1S/C13H11F3N2O3S/c1-9-2-4-10(5-3-9)22(20,21)18-8-12(18,13(14,15)16)11(19)6-7-17/h2-5H,6,8H2,1H3/t12-,18?/m0/s1. The van der Waals surface area contributed by atoms with Crippen molar-refractivity contribution in [2.45, 2.75) is 30.0 Å². The van der Waals surface area contributed by atoms with Gasteiger partial charge in [-0.05, 0) is 19.1 Å². The zero-order valence-corrected chi connectivity index (χ0v) is 12.2. The molecule has 0 aromatic heterocycles. The molecule has 1 aromatic carbocycles. The Morgan fingerprint density at radius 3 is 2.36 bits per heavy atom. The number of halogens is 3. The third-order valence-corrected chi connectivity index (χ3v) is 5.36. The van der Waals surface area contributed by atoms with Crippen molar-refractivity contribution in [3.63, 3.8) is 0 Å². The van der Waals surface area contributed by atoms with E-state index < -0.39 is 40.5 Å². The van der Waals surface area contributed by atoms with Crippen molar-refractivity contribution >= 4 is 15.8 Å². The van der Waals surface area contributed by atoms with Gasteiger partial charge in [0.2, 0.25) is 15.6 Å². The first kappa shape index (κ1) is 16.5. The second-order valence-corrected chi connectivity index (χ2v) is 6.80. The summed E-state index contributed by atoms with van der Waals surface area (Å²) in [5.74, 6) is -1.46. The monoisotopic (exact) mass is 332 g/mol. The summed E-state index contributed by atoms with van der Waals surface area (Å²) < 4.78 is 64.2. The van der Waals surface area contributed by atoms with E-state index in [1.54, 1.807) is 6.92 Å². The maximum absolute atomic E-state index is 13.2. The van der Waals surface area contributed by atoms with E-state index in [9.17, 15) is 26.4 Å². The molecule has 118 valence electrons. The van der Waals surface area contributed by atoms with Gasteiger partial charge >= 0.3 is 6.18 Å². The number of nitriles is 1. The lowest BCUT2D eigenvalue weighted by atomic mass is 10.0. The fourth-order valence-electron chi connectivity index (χ4n) is 2.13. The Kier molecular flexibility index (Phi) is 3.79. The molecule has 0 saturated carbocycles. The number of nitrogens with zero attached hydrogens (tertiary/aromatic N) is 2. The number of carbonyl (C=O) groups excluding carboxylic acids is 1. The fourth-order valence-corrected chi connectivity index (χ4v) is 3.84. The van der Waals surface area contributed by atoms with Crippen molar-refractivity contribution in [1.82, 2.24) is 4.31 Å². The number of hydrogen-bond donors (Lipinski definition) is 0. The van der Waals surface area contributed by atoms with Gasteiger partial charge in [-0.25, -0.2) is 8.42 Å². The van der Waals surface area contributed by atoms with E-state index in [1.807, 2.05) is 0 Å². The van der Waals surface area contributed by atoms with Gasteiger partial charge in [-0.3, -0.25) is 4.79 Å². The molecule has 0 aliphatic carbocycles. The van der Waals surface area contributed by atoms with E-state index in [0.29, 0.717) is 0 Å². The van der Waals surface area contributed by atoms with Crippen LogP contribution >= 0.6 is 0 Å². The molecule has 1 aliphatic rings. The molecule has 2 atom stereocenters. The molecular weight excluding hydrogens is 321 g/mol. The largest absolute Gasteiger partial charge is 0.416 e. The highest BCUT2D eigenvalue weighted by Crippen LogP contribution is 2.50. The molecule has 2 rings (SSSR count). The number of benzene rings is 1. The van der Waals surface area contributed by atoms with Crippen molar-refractivity contribution < 1.29 is 26.4 Å². The molecular formula is C13H11F3N2O3S. The number of rotatable bonds is 4. The molecule has 9 heteroatoms. The Labute approximate surface area is 125 Å². The summed E-state index contributed by atoms with van der Waals surface area (Å²) in [6, 6.07) is 6.59. The van der Waals surface area contributed by atoms with Gasteiger partial charge in [0.1, 0.15) is 0 Å². The van der Waals surface area contributed by atoms with Crippen molar-refractivity contribution in [3.8, 4) is 6.07 Å². The topological polar surface area (TPSA) is 78.0 Å². The quantitative estimate of drug-likeness (QED) is 0.788. The lowest BCUT2D eigenvalue weighted by Crippen LogP contribution is -2.45. The van der Waals surface area contributed by atoms with E-state index in [4.69, 9.17) is 5.26 Å². The molecule has 1 saturated heterocycles. The van der Waals surface area contributed by atoms with E-state index in [0.717, 1.165) is 5.56 Å². The van der Waals surface area contributed by atoms with Crippen molar-refractivity contribution in [3.05, 3.63) is 29.8 Å². The predicted octanol–water partition coefficient (Wildman–Crippen LogP) is 1.78. The average Bonchev–Trinajstić information content (AvgIpc) is 3.16. The minimum absolute atomic E-state index is 0.102. The van der Waals surface area contributed by atoms with Crippen LogP contribution in [0.1, 0.15) is 12.0 Å². The summed E-state index contributed by atoms with van der Waals surface area (Å²) in [6.45, 7) is 0.706. The minimum Gasteiger partial charge on any atom is -0.296 e. The molecule has 5 nitrogen and oxygen atoms in total. The number of hydrogen-bond acceptors (Lipinski definition) is 4. The summed E-state index contributed by atoms with van der Waals surface area (Å²) in [5.41, 5.74) is -2.38. The Hall–Kier alpha value is -1.92. The van der Waals surface area contributed by atoms with E-state index >= 15 is 0 Å². The zero-order chi connectivity index (χ0) is 16.8. The maximum Gasteiger partial charge on any atom is 0.416 e. The summed E-state index contributed by atoms with van der Waals surface area (Å²) in [4.78, 5) is 11.3. The van der Waals surface area contributed by atoms with Crippen molar-refractivity contribution in [2.24, 2.45) is 0 Å². The molecule has 0 radical (unpaired) electrons. The third kappa shape index (κ3) is 2.38. The number of sulfonamides is 1. The van der Waals surface area contributed by atoms with Gasteiger partial charge in [0.05, 0.1) is 23.9 Å². The van der Waals surface area contributed by atoms with E-state index in [1.165, 1.54) is 30.3 Å².